The fourth-order valence-electron chi connectivity index (χ4n) is 2.41. The topological polar surface area (TPSA) is 71.3 Å². The van der Waals surface area contributed by atoms with Crippen LogP contribution in [0.15, 0.2) is 48.5 Å². The molecule has 2 aromatic carbocycles. The van der Waals surface area contributed by atoms with Gasteiger partial charge in [-0.15, -0.1) is 0 Å². The van der Waals surface area contributed by atoms with E-state index >= 15 is 0 Å². The third kappa shape index (κ3) is 7.87. The number of hydrogen-bond acceptors (Lipinski definition) is 4. The monoisotopic (exact) mass is 478 g/mol. The molecule has 0 heterocycles. The van der Waals surface area contributed by atoms with Crippen LogP contribution < -0.4 is 10.1 Å². The molecular formula is C21H23IN2O3. The van der Waals surface area contributed by atoms with Gasteiger partial charge in [-0.2, -0.15) is 5.26 Å². The van der Waals surface area contributed by atoms with Crippen molar-refractivity contribution in [3.8, 4) is 11.8 Å². The van der Waals surface area contributed by atoms with Gasteiger partial charge in [0.15, 0.2) is 0 Å². The average Bonchev–Trinajstić information content (AvgIpc) is 2.59. The summed E-state index contributed by atoms with van der Waals surface area (Å²) in [6.45, 7) is 5.75. The summed E-state index contributed by atoms with van der Waals surface area (Å²) >= 11 is 2.23. The lowest BCUT2D eigenvalue weighted by Crippen LogP contribution is -2.43. The van der Waals surface area contributed by atoms with E-state index in [1.807, 2.05) is 63.2 Å². The van der Waals surface area contributed by atoms with Gasteiger partial charge in [0.2, 0.25) is 0 Å². The van der Waals surface area contributed by atoms with Gasteiger partial charge < -0.3 is 14.8 Å². The number of nitriles is 1. The molecule has 0 spiro atoms. The maximum atomic E-state index is 12.2. The Morgan fingerprint density at radius 3 is 2.56 bits per heavy atom. The van der Waals surface area contributed by atoms with E-state index in [0.29, 0.717) is 12.0 Å². The molecule has 1 amide bonds. The van der Waals surface area contributed by atoms with Crippen molar-refractivity contribution in [1.82, 2.24) is 5.32 Å². The third-order valence-corrected chi connectivity index (χ3v) is 4.24. The average molecular weight is 478 g/mol. The molecule has 0 saturated carbocycles. The fraction of sp³-hybridized carbons (Fsp3) is 0.333. The largest absolute Gasteiger partial charge is 0.491 e. The minimum Gasteiger partial charge on any atom is -0.491 e. The van der Waals surface area contributed by atoms with Crippen LogP contribution in [0.4, 0.5) is 4.79 Å². The number of amides is 1. The van der Waals surface area contributed by atoms with Gasteiger partial charge in [-0.05, 0) is 91.7 Å². The lowest BCUT2D eigenvalue weighted by molar-refractivity contribution is 0.0488. The number of benzene rings is 2. The summed E-state index contributed by atoms with van der Waals surface area (Å²) in [5.74, 6) is 0.734. The van der Waals surface area contributed by atoms with Gasteiger partial charge in [0, 0.05) is 3.57 Å². The van der Waals surface area contributed by atoms with Crippen LogP contribution in [0, 0.1) is 14.9 Å². The van der Waals surface area contributed by atoms with Crippen LogP contribution >= 0.6 is 22.6 Å². The first-order valence-electron chi connectivity index (χ1n) is 8.62. The summed E-state index contributed by atoms with van der Waals surface area (Å²) in [6, 6.07) is 16.9. The fourth-order valence-corrected chi connectivity index (χ4v) is 2.77. The van der Waals surface area contributed by atoms with Crippen molar-refractivity contribution in [3.63, 3.8) is 0 Å². The van der Waals surface area contributed by atoms with Gasteiger partial charge in [-0.3, -0.25) is 0 Å². The molecule has 1 unspecified atom stereocenters. The summed E-state index contributed by atoms with van der Waals surface area (Å²) in [7, 11) is 0. The lowest BCUT2D eigenvalue weighted by Gasteiger charge is -2.24. The Balaban J connectivity index is 2.07. The molecule has 27 heavy (non-hydrogen) atoms. The number of nitrogens with zero attached hydrogens (tertiary/aromatic N) is 1. The van der Waals surface area contributed by atoms with Crippen molar-refractivity contribution in [2.75, 3.05) is 6.61 Å². The van der Waals surface area contributed by atoms with Crippen molar-refractivity contribution >= 4 is 28.7 Å². The van der Waals surface area contributed by atoms with E-state index in [-0.39, 0.29) is 12.6 Å². The highest BCUT2D eigenvalue weighted by molar-refractivity contribution is 14.1. The molecule has 5 nitrogen and oxygen atoms in total. The SMILES string of the molecule is CC(C)(C)OC(=O)NC(COc1ccc(I)cc1)Cc1cccc(C#N)c1. The van der Waals surface area contributed by atoms with Gasteiger partial charge in [0.25, 0.3) is 0 Å². The first kappa shape index (κ1) is 21.0. The van der Waals surface area contributed by atoms with E-state index in [1.165, 1.54) is 0 Å². The highest BCUT2D eigenvalue weighted by Crippen LogP contribution is 2.15. The molecule has 1 atom stereocenters. The Labute approximate surface area is 173 Å². The predicted molar refractivity (Wildman–Crippen MR) is 113 cm³/mol. The molecule has 0 aromatic heterocycles. The van der Waals surface area contributed by atoms with Gasteiger partial charge in [0.05, 0.1) is 17.7 Å². The Morgan fingerprint density at radius 1 is 1.22 bits per heavy atom. The number of alkyl carbamates (subject to hydrolysis) is 1. The molecule has 0 saturated heterocycles. The Morgan fingerprint density at radius 2 is 1.93 bits per heavy atom. The zero-order chi connectivity index (χ0) is 19.9. The Hall–Kier alpha value is -2.27. The van der Waals surface area contributed by atoms with Crippen molar-refractivity contribution in [2.24, 2.45) is 0 Å². The first-order chi connectivity index (χ1) is 12.7. The zero-order valence-corrected chi connectivity index (χ0v) is 17.8. The maximum absolute atomic E-state index is 12.2. The normalized spacial score (nSPS) is 12.0. The molecular weight excluding hydrogens is 455 g/mol. The van der Waals surface area contributed by atoms with Gasteiger partial charge in [-0.25, -0.2) is 4.79 Å². The van der Waals surface area contributed by atoms with Crippen LogP contribution in [0.1, 0.15) is 31.9 Å². The van der Waals surface area contributed by atoms with E-state index in [0.717, 1.165) is 14.9 Å². The van der Waals surface area contributed by atoms with Crippen LogP contribution in [0.5, 0.6) is 5.75 Å². The number of hydrogen-bond donors (Lipinski definition) is 1. The van der Waals surface area contributed by atoms with Crippen LogP contribution in [-0.2, 0) is 11.2 Å². The highest BCUT2D eigenvalue weighted by Gasteiger charge is 2.20. The Kier molecular flexibility index (Phi) is 7.48. The molecule has 0 aliphatic rings. The molecule has 2 aromatic rings. The minimum atomic E-state index is -0.577. The van der Waals surface area contributed by atoms with Crippen LogP contribution in [0.3, 0.4) is 0 Å². The number of rotatable bonds is 6. The second-order valence-corrected chi connectivity index (χ2v) is 8.37. The number of ether oxygens (including phenoxy) is 2. The van der Waals surface area contributed by atoms with Crippen molar-refractivity contribution in [1.29, 1.82) is 5.26 Å². The minimum absolute atomic E-state index is 0.288. The summed E-state index contributed by atoms with van der Waals surface area (Å²) in [6.07, 6.45) is 0.0363. The number of nitrogens with one attached hydrogen (secondary N) is 1. The number of carbonyl (C=O) groups is 1. The molecule has 0 bridgehead atoms. The summed E-state index contributed by atoms with van der Waals surface area (Å²) < 4.78 is 12.3. The van der Waals surface area contributed by atoms with E-state index in [2.05, 4.69) is 34.0 Å². The second-order valence-electron chi connectivity index (χ2n) is 7.12. The molecule has 0 fully saturated rings. The molecule has 0 radical (unpaired) electrons. The first-order valence-corrected chi connectivity index (χ1v) is 9.70. The quantitative estimate of drug-likeness (QED) is 0.613. The smallest absolute Gasteiger partial charge is 0.408 e. The summed E-state index contributed by atoms with van der Waals surface area (Å²) in [5.41, 5.74) is 0.954. The van der Waals surface area contributed by atoms with E-state index < -0.39 is 11.7 Å². The third-order valence-electron chi connectivity index (χ3n) is 3.52. The number of carbonyl (C=O) groups excluding carboxylic acids is 1. The standard InChI is InChI=1S/C21H23IN2O3/c1-21(2,3)27-20(25)24-18(12-15-5-4-6-16(11-15)13-23)14-26-19-9-7-17(22)8-10-19/h4-11,18H,12,14H2,1-3H3,(H,24,25). The van der Waals surface area contributed by atoms with Gasteiger partial charge in [-0.1, -0.05) is 12.1 Å². The maximum Gasteiger partial charge on any atom is 0.408 e. The second kappa shape index (κ2) is 9.60. The van der Waals surface area contributed by atoms with Gasteiger partial charge >= 0.3 is 6.09 Å². The summed E-state index contributed by atoms with van der Waals surface area (Å²) in [4.78, 5) is 12.2. The van der Waals surface area contributed by atoms with Crippen molar-refractivity contribution in [2.45, 2.75) is 38.8 Å². The molecule has 142 valence electrons. The van der Waals surface area contributed by atoms with Crippen LogP contribution in [0.2, 0.25) is 0 Å². The number of halogens is 1. The van der Waals surface area contributed by atoms with Gasteiger partial charge in [0.1, 0.15) is 18.0 Å². The highest BCUT2D eigenvalue weighted by atomic mass is 127. The molecule has 0 aliphatic heterocycles. The van der Waals surface area contributed by atoms with Crippen molar-refractivity contribution in [3.05, 3.63) is 63.2 Å². The Bertz CT molecular complexity index is 807. The van der Waals surface area contributed by atoms with Crippen molar-refractivity contribution < 1.29 is 14.3 Å². The molecule has 1 N–H and O–H groups in total. The lowest BCUT2D eigenvalue weighted by atomic mass is 10.0. The van der Waals surface area contributed by atoms with Crippen LogP contribution in [0.25, 0.3) is 0 Å². The molecule has 0 aliphatic carbocycles. The van der Waals surface area contributed by atoms with E-state index in [1.54, 1.807) is 6.07 Å². The predicted octanol–water partition coefficient (Wildman–Crippen LogP) is 4.68. The molecule has 6 heteroatoms. The summed E-state index contributed by atoms with van der Waals surface area (Å²) in [5, 5.41) is 11.9. The zero-order valence-electron chi connectivity index (χ0n) is 15.7. The van der Waals surface area contributed by atoms with Crippen LogP contribution in [-0.4, -0.2) is 24.3 Å². The molecule has 2 rings (SSSR count). The van der Waals surface area contributed by atoms with E-state index in [9.17, 15) is 4.79 Å². The van der Waals surface area contributed by atoms with E-state index in [4.69, 9.17) is 14.7 Å².